The van der Waals surface area contributed by atoms with Gasteiger partial charge in [-0.25, -0.2) is 9.78 Å². The number of aryl methyl sites for hydroxylation is 3. The molecule has 8 nitrogen and oxygen atoms in total. The van der Waals surface area contributed by atoms with Crippen molar-refractivity contribution < 1.29 is 14.3 Å². The van der Waals surface area contributed by atoms with Gasteiger partial charge in [0.25, 0.3) is 5.91 Å². The molecular formula is C19H27N5O3. The van der Waals surface area contributed by atoms with Crippen LogP contribution >= 0.6 is 0 Å². The van der Waals surface area contributed by atoms with E-state index in [1.54, 1.807) is 14.5 Å². The maximum Gasteiger partial charge on any atom is 0.410 e. The number of nitrogens with zero attached hydrogens (tertiary/aromatic N) is 5. The van der Waals surface area contributed by atoms with Gasteiger partial charge in [0, 0.05) is 38.9 Å². The topological polar surface area (TPSA) is 80.6 Å². The Morgan fingerprint density at radius 1 is 1.07 bits per heavy atom. The van der Waals surface area contributed by atoms with Crippen molar-refractivity contribution >= 4 is 23.0 Å². The van der Waals surface area contributed by atoms with Crippen LogP contribution < -0.4 is 0 Å². The number of amides is 2. The molecule has 1 aliphatic rings. The van der Waals surface area contributed by atoms with Crippen LogP contribution in [-0.4, -0.2) is 68.3 Å². The molecule has 0 aromatic carbocycles. The molecule has 1 saturated heterocycles. The van der Waals surface area contributed by atoms with Crippen LogP contribution in [0.4, 0.5) is 4.79 Å². The molecule has 3 rings (SSSR count). The molecule has 0 aliphatic carbocycles. The van der Waals surface area contributed by atoms with Crippen molar-refractivity contribution in [3.8, 4) is 0 Å². The second-order valence-electron chi connectivity index (χ2n) is 7.98. The van der Waals surface area contributed by atoms with E-state index in [4.69, 9.17) is 4.74 Å². The highest BCUT2D eigenvalue weighted by atomic mass is 16.6. The van der Waals surface area contributed by atoms with Crippen molar-refractivity contribution in [2.75, 3.05) is 26.2 Å². The van der Waals surface area contributed by atoms with Crippen molar-refractivity contribution in [3.63, 3.8) is 0 Å². The highest BCUT2D eigenvalue weighted by molar-refractivity contribution is 6.06. The van der Waals surface area contributed by atoms with Crippen molar-refractivity contribution in [1.82, 2.24) is 24.6 Å². The smallest absolute Gasteiger partial charge is 0.410 e. The Morgan fingerprint density at radius 2 is 1.67 bits per heavy atom. The van der Waals surface area contributed by atoms with Crippen LogP contribution in [0.3, 0.4) is 0 Å². The fourth-order valence-corrected chi connectivity index (χ4v) is 3.33. The second-order valence-corrected chi connectivity index (χ2v) is 7.98. The lowest BCUT2D eigenvalue weighted by atomic mass is 10.1. The van der Waals surface area contributed by atoms with Gasteiger partial charge in [0.15, 0.2) is 5.65 Å². The molecular weight excluding hydrogens is 346 g/mol. The molecule has 2 amide bonds. The minimum absolute atomic E-state index is 0.0505. The third-order valence-corrected chi connectivity index (χ3v) is 4.55. The average Bonchev–Trinajstić information content (AvgIpc) is 2.86. The first-order chi connectivity index (χ1) is 12.6. The minimum atomic E-state index is -0.526. The van der Waals surface area contributed by atoms with Gasteiger partial charge in [-0.1, -0.05) is 0 Å². The number of hydrogen-bond donors (Lipinski definition) is 0. The number of hydrogen-bond acceptors (Lipinski definition) is 5. The zero-order valence-electron chi connectivity index (χ0n) is 16.9. The summed E-state index contributed by atoms with van der Waals surface area (Å²) in [6.07, 6.45) is -0.333. The number of ether oxygens (including phenoxy) is 1. The Morgan fingerprint density at radius 3 is 2.26 bits per heavy atom. The van der Waals surface area contributed by atoms with Crippen molar-refractivity contribution in [2.45, 2.75) is 40.2 Å². The van der Waals surface area contributed by atoms with Crippen LogP contribution in [-0.2, 0) is 11.8 Å². The summed E-state index contributed by atoms with van der Waals surface area (Å²) in [7, 11) is 1.83. The summed E-state index contributed by atoms with van der Waals surface area (Å²) in [6.45, 7) is 11.2. The number of piperazine rings is 1. The summed E-state index contributed by atoms with van der Waals surface area (Å²) in [6, 6.07) is 1.82. The quantitative estimate of drug-likeness (QED) is 0.766. The van der Waals surface area contributed by atoms with E-state index in [-0.39, 0.29) is 12.0 Å². The van der Waals surface area contributed by atoms with Crippen molar-refractivity contribution in [2.24, 2.45) is 7.05 Å². The standard InChI is InChI=1S/C19H27N5O3/c1-12-11-14(15-13(2)21-22(6)16(15)20-12)17(25)23-7-9-24(10-8-23)18(26)27-19(3,4)5/h11H,7-10H2,1-6H3. The Hall–Kier alpha value is -2.64. The lowest BCUT2D eigenvalue weighted by molar-refractivity contribution is 0.0141. The maximum atomic E-state index is 13.2. The predicted octanol–water partition coefficient (Wildman–Crippen LogP) is 2.28. The van der Waals surface area contributed by atoms with Gasteiger partial charge in [0.05, 0.1) is 16.6 Å². The number of aromatic nitrogens is 3. The fraction of sp³-hybridized carbons (Fsp3) is 0.579. The molecule has 0 atom stereocenters. The Labute approximate surface area is 159 Å². The first-order valence-electron chi connectivity index (χ1n) is 9.15. The molecule has 0 unspecified atom stereocenters. The summed E-state index contributed by atoms with van der Waals surface area (Å²) >= 11 is 0. The first-order valence-corrected chi connectivity index (χ1v) is 9.15. The molecule has 0 bridgehead atoms. The minimum Gasteiger partial charge on any atom is -0.444 e. The third-order valence-electron chi connectivity index (χ3n) is 4.55. The van der Waals surface area contributed by atoms with Crippen LogP contribution in [0.2, 0.25) is 0 Å². The van der Waals surface area contributed by atoms with E-state index in [1.165, 1.54) is 0 Å². The van der Waals surface area contributed by atoms with Gasteiger partial charge < -0.3 is 14.5 Å². The summed E-state index contributed by atoms with van der Waals surface area (Å²) < 4.78 is 7.12. The summed E-state index contributed by atoms with van der Waals surface area (Å²) in [5.74, 6) is -0.0505. The van der Waals surface area contributed by atoms with Gasteiger partial charge >= 0.3 is 6.09 Å². The summed E-state index contributed by atoms with van der Waals surface area (Å²) in [4.78, 5) is 33.3. The van der Waals surface area contributed by atoms with E-state index in [0.29, 0.717) is 37.4 Å². The van der Waals surface area contributed by atoms with E-state index in [1.807, 2.05) is 47.7 Å². The lowest BCUT2D eigenvalue weighted by Crippen LogP contribution is -2.51. The third kappa shape index (κ3) is 3.89. The monoisotopic (exact) mass is 373 g/mol. The number of carbonyl (C=O) groups is 2. The summed E-state index contributed by atoms with van der Waals surface area (Å²) in [5, 5.41) is 5.20. The molecule has 3 heterocycles. The van der Waals surface area contributed by atoms with Crippen molar-refractivity contribution in [1.29, 1.82) is 0 Å². The second kappa shape index (κ2) is 6.83. The van der Waals surface area contributed by atoms with E-state index in [2.05, 4.69) is 10.1 Å². The highest BCUT2D eigenvalue weighted by Crippen LogP contribution is 2.23. The molecule has 1 fully saturated rings. The van der Waals surface area contributed by atoms with E-state index in [0.717, 1.165) is 16.8 Å². The molecule has 27 heavy (non-hydrogen) atoms. The zero-order chi connectivity index (χ0) is 19.9. The average molecular weight is 373 g/mol. The van der Waals surface area contributed by atoms with Crippen molar-refractivity contribution in [3.05, 3.63) is 23.0 Å². The number of fused-ring (bicyclic) bond motifs is 1. The van der Waals surface area contributed by atoms with E-state index >= 15 is 0 Å². The molecule has 0 spiro atoms. The number of rotatable bonds is 1. The van der Waals surface area contributed by atoms with Gasteiger partial charge in [-0.15, -0.1) is 0 Å². The number of pyridine rings is 1. The Balaban J connectivity index is 1.77. The molecule has 2 aromatic rings. The zero-order valence-corrected chi connectivity index (χ0v) is 16.9. The van der Waals surface area contributed by atoms with Crippen LogP contribution in [0.1, 0.15) is 42.5 Å². The molecule has 1 aliphatic heterocycles. The predicted molar refractivity (Wildman–Crippen MR) is 102 cm³/mol. The highest BCUT2D eigenvalue weighted by Gasteiger charge is 2.29. The SMILES string of the molecule is Cc1cc(C(=O)N2CCN(C(=O)OC(C)(C)C)CC2)c2c(C)nn(C)c2n1. The van der Waals surface area contributed by atoms with E-state index in [9.17, 15) is 9.59 Å². The Kier molecular flexibility index (Phi) is 4.84. The summed E-state index contributed by atoms with van der Waals surface area (Å²) in [5.41, 5.74) is 2.37. The molecule has 2 aromatic heterocycles. The van der Waals surface area contributed by atoms with Gasteiger partial charge in [0.2, 0.25) is 0 Å². The number of carbonyl (C=O) groups excluding carboxylic acids is 2. The van der Waals surface area contributed by atoms with Crippen LogP contribution in [0.5, 0.6) is 0 Å². The lowest BCUT2D eigenvalue weighted by Gasteiger charge is -2.35. The fourth-order valence-electron chi connectivity index (χ4n) is 3.33. The molecule has 0 radical (unpaired) electrons. The largest absolute Gasteiger partial charge is 0.444 e. The van der Waals surface area contributed by atoms with Gasteiger partial charge in [0.1, 0.15) is 5.60 Å². The van der Waals surface area contributed by atoms with Gasteiger partial charge in [-0.2, -0.15) is 5.10 Å². The van der Waals surface area contributed by atoms with Gasteiger partial charge in [-0.05, 0) is 40.7 Å². The van der Waals surface area contributed by atoms with Gasteiger partial charge in [-0.3, -0.25) is 9.48 Å². The maximum absolute atomic E-state index is 13.2. The van der Waals surface area contributed by atoms with Crippen LogP contribution in [0, 0.1) is 13.8 Å². The Bertz CT molecular complexity index is 889. The van der Waals surface area contributed by atoms with E-state index < -0.39 is 5.60 Å². The molecule has 8 heteroatoms. The van der Waals surface area contributed by atoms with Crippen LogP contribution in [0.15, 0.2) is 6.07 Å². The first kappa shape index (κ1) is 19.1. The normalized spacial score (nSPS) is 15.3. The molecule has 146 valence electrons. The molecule has 0 N–H and O–H groups in total. The van der Waals surface area contributed by atoms with Crippen LogP contribution in [0.25, 0.3) is 11.0 Å². The molecule has 0 saturated carbocycles.